The predicted molar refractivity (Wildman–Crippen MR) is 111 cm³/mol. The molecule has 0 bridgehead atoms. The van der Waals surface area contributed by atoms with Crippen molar-refractivity contribution in [2.75, 3.05) is 11.4 Å². The molecule has 0 amide bonds. The number of imidazole rings is 1. The Bertz CT molecular complexity index is 1150. The van der Waals surface area contributed by atoms with Crippen LogP contribution in [0.15, 0.2) is 33.9 Å². The second-order valence-electron chi connectivity index (χ2n) is 7.90. The van der Waals surface area contributed by atoms with Crippen molar-refractivity contribution >= 4 is 22.8 Å². The standard InChI is InChI=1S/C21H27N5O2/c1-5-6-10-24-19(27)17-18(23(4)21(24)28)22-20-25(12-15(3)13-26(17)20)16-9-7-8-14(2)11-16/h7-9,11,15H,5-6,10,12-13H2,1-4H3. The molecule has 1 atom stereocenters. The quantitative estimate of drug-likeness (QED) is 0.697. The molecule has 2 aromatic heterocycles. The molecule has 7 heteroatoms. The molecule has 0 N–H and O–H groups in total. The zero-order chi connectivity index (χ0) is 20.0. The van der Waals surface area contributed by atoms with E-state index in [0.717, 1.165) is 37.6 Å². The van der Waals surface area contributed by atoms with E-state index >= 15 is 0 Å². The molecule has 0 saturated heterocycles. The Morgan fingerprint density at radius 1 is 1.21 bits per heavy atom. The van der Waals surface area contributed by atoms with Crippen molar-refractivity contribution in [2.45, 2.75) is 46.7 Å². The molecule has 28 heavy (non-hydrogen) atoms. The number of fused-ring (bicyclic) bond motifs is 3. The molecule has 3 aromatic rings. The molecule has 7 nitrogen and oxygen atoms in total. The van der Waals surface area contributed by atoms with E-state index in [1.54, 1.807) is 7.05 Å². The molecule has 0 radical (unpaired) electrons. The van der Waals surface area contributed by atoms with E-state index in [9.17, 15) is 9.59 Å². The minimum absolute atomic E-state index is 0.233. The molecule has 0 aliphatic carbocycles. The van der Waals surface area contributed by atoms with Crippen LogP contribution in [0.1, 0.15) is 32.3 Å². The Morgan fingerprint density at radius 2 is 2.00 bits per heavy atom. The van der Waals surface area contributed by atoms with E-state index in [-0.39, 0.29) is 11.2 Å². The highest BCUT2D eigenvalue weighted by Gasteiger charge is 2.29. The summed E-state index contributed by atoms with van der Waals surface area (Å²) in [6.07, 6.45) is 1.73. The van der Waals surface area contributed by atoms with E-state index < -0.39 is 0 Å². The maximum absolute atomic E-state index is 13.2. The molecule has 148 valence electrons. The van der Waals surface area contributed by atoms with Gasteiger partial charge in [-0.2, -0.15) is 4.98 Å². The Morgan fingerprint density at radius 3 is 2.71 bits per heavy atom. The lowest BCUT2D eigenvalue weighted by molar-refractivity contribution is 0.457. The SMILES string of the molecule is CCCCn1c(=O)c2c(nc3n2CC(C)CN3c2cccc(C)c2)n(C)c1=O. The van der Waals surface area contributed by atoms with Gasteiger partial charge in [0.1, 0.15) is 0 Å². The highest BCUT2D eigenvalue weighted by atomic mass is 16.2. The van der Waals surface area contributed by atoms with Crippen LogP contribution in [-0.2, 0) is 20.1 Å². The third-order valence-electron chi connectivity index (χ3n) is 5.49. The molecule has 3 heterocycles. The summed E-state index contributed by atoms with van der Waals surface area (Å²) in [4.78, 5) is 32.9. The maximum Gasteiger partial charge on any atom is 0.332 e. The summed E-state index contributed by atoms with van der Waals surface area (Å²) in [7, 11) is 1.70. The van der Waals surface area contributed by atoms with Crippen molar-refractivity contribution < 1.29 is 0 Å². The summed E-state index contributed by atoms with van der Waals surface area (Å²) < 4.78 is 4.87. The third-order valence-corrected chi connectivity index (χ3v) is 5.49. The van der Waals surface area contributed by atoms with Gasteiger partial charge in [0.05, 0.1) is 0 Å². The van der Waals surface area contributed by atoms with Crippen molar-refractivity contribution in [1.29, 1.82) is 0 Å². The highest BCUT2D eigenvalue weighted by Crippen LogP contribution is 2.33. The topological polar surface area (TPSA) is 65.1 Å². The number of unbranched alkanes of at least 4 members (excludes halogenated alkanes) is 1. The number of hydrogen-bond donors (Lipinski definition) is 0. The van der Waals surface area contributed by atoms with Crippen LogP contribution in [0, 0.1) is 12.8 Å². The molecule has 1 aromatic carbocycles. The largest absolute Gasteiger partial charge is 0.332 e. The van der Waals surface area contributed by atoms with E-state index in [0.29, 0.717) is 23.6 Å². The average Bonchev–Trinajstić information content (AvgIpc) is 3.05. The second-order valence-corrected chi connectivity index (χ2v) is 7.90. The second kappa shape index (κ2) is 6.96. The van der Waals surface area contributed by atoms with E-state index in [4.69, 9.17) is 4.98 Å². The number of aryl methyl sites for hydroxylation is 2. The fraction of sp³-hybridized carbons (Fsp3) is 0.476. The molecular weight excluding hydrogens is 354 g/mol. The lowest BCUT2D eigenvalue weighted by Gasteiger charge is -2.33. The Kier molecular flexibility index (Phi) is 4.61. The Hall–Kier alpha value is -2.83. The number of hydrogen-bond acceptors (Lipinski definition) is 4. The van der Waals surface area contributed by atoms with Gasteiger partial charge in [0.2, 0.25) is 5.95 Å². The minimum Gasteiger partial charge on any atom is -0.312 e. The van der Waals surface area contributed by atoms with Gasteiger partial charge in [-0.25, -0.2) is 4.79 Å². The fourth-order valence-corrected chi connectivity index (χ4v) is 4.03. The van der Waals surface area contributed by atoms with Crippen LogP contribution >= 0.6 is 0 Å². The Balaban J connectivity index is 1.98. The number of rotatable bonds is 4. The van der Waals surface area contributed by atoms with Crippen molar-refractivity contribution in [3.63, 3.8) is 0 Å². The first-order valence-electron chi connectivity index (χ1n) is 9.96. The lowest BCUT2D eigenvalue weighted by atomic mass is 10.1. The van der Waals surface area contributed by atoms with Crippen LogP contribution in [0.25, 0.3) is 11.2 Å². The average molecular weight is 381 g/mol. The summed E-state index contributed by atoms with van der Waals surface area (Å²) in [5, 5.41) is 0. The van der Waals surface area contributed by atoms with Gasteiger partial charge in [-0.05, 0) is 37.0 Å². The maximum atomic E-state index is 13.2. The summed E-state index contributed by atoms with van der Waals surface area (Å²) in [5.74, 6) is 1.09. The third kappa shape index (κ3) is 2.85. The number of aromatic nitrogens is 4. The molecular formula is C21H27N5O2. The van der Waals surface area contributed by atoms with Gasteiger partial charge in [-0.15, -0.1) is 0 Å². The van der Waals surface area contributed by atoms with Crippen LogP contribution in [0.4, 0.5) is 11.6 Å². The number of anilines is 2. The number of benzene rings is 1. The van der Waals surface area contributed by atoms with Crippen LogP contribution < -0.4 is 16.1 Å². The van der Waals surface area contributed by atoms with Gasteiger partial charge in [-0.3, -0.25) is 13.9 Å². The molecule has 1 aliphatic rings. The molecule has 0 saturated carbocycles. The number of nitrogens with zero attached hydrogens (tertiary/aromatic N) is 5. The summed E-state index contributed by atoms with van der Waals surface area (Å²) >= 11 is 0. The predicted octanol–water partition coefficient (Wildman–Crippen LogP) is 2.79. The fourth-order valence-electron chi connectivity index (χ4n) is 4.03. The summed E-state index contributed by atoms with van der Waals surface area (Å²) in [6, 6.07) is 8.29. The summed E-state index contributed by atoms with van der Waals surface area (Å²) in [5.41, 5.74) is 2.69. The van der Waals surface area contributed by atoms with E-state index in [1.807, 2.05) is 10.6 Å². The smallest absolute Gasteiger partial charge is 0.312 e. The van der Waals surface area contributed by atoms with Gasteiger partial charge in [0, 0.05) is 32.4 Å². The van der Waals surface area contributed by atoms with Gasteiger partial charge >= 0.3 is 5.69 Å². The first kappa shape index (κ1) is 18.5. The zero-order valence-electron chi connectivity index (χ0n) is 17.0. The van der Waals surface area contributed by atoms with Crippen LogP contribution in [0.2, 0.25) is 0 Å². The monoisotopic (exact) mass is 381 g/mol. The van der Waals surface area contributed by atoms with E-state index in [2.05, 4.69) is 43.9 Å². The molecule has 0 spiro atoms. The Labute approximate surface area is 163 Å². The minimum atomic E-state index is -0.295. The first-order valence-corrected chi connectivity index (χ1v) is 9.96. The van der Waals surface area contributed by atoms with Gasteiger partial charge < -0.3 is 9.47 Å². The van der Waals surface area contributed by atoms with Crippen molar-refractivity contribution in [1.82, 2.24) is 18.7 Å². The summed E-state index contributed by atoms with van der Waals surface area (Å²) in [6.45, 7) is 8.27. The molecule has 4 rings (SSSR count). The van der Waals surface area contributed by atoms with Crippen molar-refractivity contribution in [3.8, 4) is 0 Å². The molecule has 0 fully saturated rings. The van der Waals surface area contributed by atoms with Gasteiger partial charge in [0.15, 0.2) is 11.2 Å². The van der Waals surface area contributed by atoms with Crippen LogP contribution in [-0.4, -0.2) is 25.2 Å². The van der Waals surface area contributed by atoms with Crippen LogP contribution in [0.5, 0.6) is 0 Å². The van der Waals surface area contributed by atoms with E-state index in [1.165, 1.54) is 14.7 Å². The van der Waals surface area contributed by atoms with Gasteiger partial charge in [-0.1, -0.05) is 32.4 Å². The molecule has 1 aliphatic heterocycles. The van der Waals surface area contributed by atoms with Gasteiger partial charge in [0.25, 0.3) is 5.56 Å². The van der Waals surface area contributed by atoms with Crippen LogP contribution in [0.3, 0.4) is 0 Å². The first-order chi connectivity index (χ1) is 13.4. The normalized spacial score (nSPS) is 16.6. The van der Waals surface area contributed by atoms with Crippen molar-refractivity contribution in [3.05, 3.63) is 50.7 Å². The highest BCUT2D eigenvalue weighted by molar-refractivity contribution is 5.77. The zero-order valence-corrected chi connectivity index (χ0v) is 17.0. The van der Waals surface area contributed by atoms with Crippen molar-refractivity contribution in [2.24, 2.45) is 13.0 Å². The molecule has 1 unspecified atom stereocenters. The lowest BCUT2D eigenvalue weighted by Crippen LogP contribution is -2.40.